The zero-order valence-electron chi connectivity index (χ0n) is 10.6. The molecule has 0 aromatic heterocycles. The van der Waals surface area contributed by atoms with E-state index in [2.05, 4.69) is 11.8 Å². The molecule has 1 aromatic rings. The lowest BCUT2D eigenvalue weighted by molar-refractivity contribution is 0.0694. The molecular formula is C14H19NO3. The number of carboxylic acid groups (broad SMARTS) is 1. The van der Waals surface area contributed by atoms with E-state index in [1.807, 2.05) is 0 Å². The molecule has 4 nitrogen and oxygen atoms in total. The molecule has 1 saturated heterocycles. The molecule has 0 amide bonds. The summed E-state index contributed by atoms with van der Waals surface area (Å²) >= 11 is 0. The van der Waals surface area contributed by atoms with Crippen LogP contribution in [0.4, 0.5) is 0 Å². The second-order valence-electron chi connectivity index (χ2n) is 4.91. The molecule has 18 heavy (non-hydrogen) atoms. The van der Waals surface area contributed by atoms with Crippen molar-refractivity contribution in [1.82, 2.24) is 4.90 Å². The van der Waals surface area contributed by atoms with Crippen LogP contribution in [0.5, 0.6) is 5.75 Å². The second kappa shape index (κ2) is 5.87. The van der Waals surface area contributed by atoms with Gasteiger partial charge in [0.25, 0.3) is 0 Å². The molecule has 0 saturated carbocycles. The highest BCUT2D eigenvalue weighted by Crippen LogP contribution is 2.17. The minimum atomic E-state index is -0.924. The highest BCUT2D eigenvalue weighted by atomic mass is 16.5. The van der Waals surface area contributed by atoms with Crippen molar-refractivity contribution in [2.75, 3.05) is 19.8 Å². The normalized spacial score (nSPS) is 17.6. The SMILES string of the molecule is CC1CCN(COc2cccc(C(=O)O)c2)CC1. The van der Waals surface area contributed by atoms with Crippen molar-refractivity contribution in [2.24, 2.45) is 5.92 Å². The van der Waals surface area contributed by atoms with Gasteiger partial charge in [-0.3, -0.25) is 4.90 Å². The van der Waals surface area contributed by atoms with Crippen LogP contribution in [0.3, 0.4) is 0 Å². The summed E-state index contributed by atoms with van der Waals surface area (Å²) in [6, 6.07) is 6.63. The van der Waals surface area contributed by atoms with Crippen molar-refractivity contribution < 1.29 is 14.6 Å². The van der Waals surface area contributed by atoms with E-state index in [4.69, 9.17) is 9.84 Å². The van der Waals surface area contributed by atoms with Crippen molar-refractivity contribution >= 4 is 5.97 Å². The van der Waals surface area contributed by atoms with Gasteiger partial charge >= 0.3 is 5.97 Å². The molecule has 0 aliphatic carbocycles. The maximum absolute atomic E-state index is 10.8. The molecule has 1 N–H and O–H groups in total. The lowest BCUT2D eigenvalue weighted by atomic mass is 10.00. The van der Waals surface area contributed by atoms with E-state index in [0.717, 1.165) is 19.0 Å². The van der Waals surface area contributed by atoms with Gasteiger partial charge < -0.3 is 9.84 Å². The number of ether oxygens (including phenoxy) is 1. The Morgan fingerprint density at radius 2 is 2.17 bits per heavy atom. The van der Waals surface area contributed by atoms with Crippen LogP contribution in [0.2, 0.25) is 0 Å². The number of piperidine rings is 1. The van der Waals surface area contributed by atoms with E-state index in [1.54, 1.807) is 24.3 Å². The number of carbonyl (C=O) groups is 1. The first-order valence-electron chi connectivity index (χ1n) is 6.33. The molecule has 1 aliphatic heterocycles. The van der Waals surface area contributed by atoms with Crippen molar-refractivity contribution in [3.05, 3.63) is 29.8 Å². The van der Waals surface area contributed by atoms with Crippen LogP contribution < -0.4 is 4.74 Å². The number of benzene rings is 1. The summed E-state index contributed by atoms with van der Waals surface area (Å²) in [6.07, 6.45) is 2.41. The molecule has 0 spiro atoms. The Bertz CT molecular complexity index is 411. The van der Waals surface area contributed by atoms with Gasteiger partial charge in [0.1, 0.15) is 12.5 Å². The number of nitrogens with zero attached hydrogens (tertiary/aromatic N) is 1. The summed E-state index contributed by atoms with van der Waals surface area (Å²) in [4.78, 5) is 13.1. The number of aromatic carboxylic acids is 1. The van der Waals surface area contributed by atoms with Gasteiger partial charge in [0, 0.05) is 13.1 Å². The van der Waals surface area contributed by atoms with E-state index in [1.165, 1.54) is 12.8 Å². The third kappa shape index (κ3) is 3.47. The molecule has 98 valence electrons. The first-order valence-corrected chi connectivity index (χ1v) is 6.33. The fourth-order valence-electron chi connectivity index (χ4n) is 2.08. The van der Waals surface area contributed by atoms with Crippen LogP contribution in [0, 0.1) is 5.92 Å². The third-order valence-corrected chi connectivity index (χ3v) is 3.37. The molecule has 0 bridgehead atoms. The van der Waals surface area contributed by atoms with E-state index < -0.39 is 5.97 Å². The summed E-state index contributed by atoms with van der Waals surface area (Å²) in [5, 5.41) is 8.89. The highest BCUT2D eigenvalue weighted by Gasteiger charge is 2.15. The Morgan fingerprint density at radius 1 is 1.44 bits per heavy atom. The Balaban J connectivity index is 1.86. The first kappa shape index (κ1) is 12.9. The van der Waals surface area contributed by atoms with Crippen LogP contribution in [-0.2, 0) is 0 Å². The number of likely N-dealkylation sites (tertiary alicyclic amines) is 1. The molecule has 0 atom stereocenters. The van der Waals surface area contributed by atoms with Gasteiger partial charge in [-0.05, 0) is 37.0 Å². The highest BCUT2D eigenvalue weighted by molar-refractivity contribution is 5.87. The molecule has 1 aliphatic rings. The molecule has 1 fully saturated rings. The predicted octanol–water partition coefficient (Wildman–Crippen LogP) is 2.45. The molecule has 1 aromatic carbocycles. The van der Waals surface area contributed by atoms with Gasteiger partial charge in [-0.25, -0.2) is 4.79 Å². The van der Waals surface area contributed by atoms with Crippen LogP contribution in [0.25, 0.3) is 0 Å². The van der Waals surface area contributed by atoms with Gasteiger partial charge in [0.15, 0.2) is 0 Å². The largest absolute Gasteiger partial charge is 0.478 e. The molecule has 4 heteroatoms. The Labute approximate surface area is 107 Å². The Kier molecular flexibility index (Phi) is 4.20. The van der Waals surface area contributed by atoms with E-state index in [9.17, 15) is 4.79 Å². The standard InChI is InChI=1S/C14H19NO3/c1-11-5-7-15(8-6-11)10-18-13-4-2-3-12(9-13)14(16)17/h2-4,9,11H,5-8,10H2,1H3,(H,16,17). The zero-order chi connectivity index (χ0) is 13.0. The number of carboxylic acids is 1. The Hall–Kier alpha value is -1.55. The van der Waals surface area contributed by atoms with Crippen LogP contribution in [0.15, 0.2) is 24.3 Å². The van der Waals surface area contributed by atoms with Gasteiger partial charge in [0.05, 0.1) is 5.56 Å². The van der Waals surface area contributed by atoms with Gasteiger partial charge in [-0.15, -0.1) is 0 Å². The van der Waals surface area contributed by atoms with Crippen molar-refractivity contribution in [2.45, 2.75) is 19.8 Å². The lowest BCUT2D eigenvalue weighted by Gasteiger charge is -2.29. The van der Waals surface area contributed by atoms with Crippen molar-refractivity contribution in [1.29, 1.82) is 0 Å². The van der Waals surface area contributed by atoms with Gasteiger partial charge in [-0.1, -0.05) is 13.0 Å². The summed E-state index contributed by atoms with van der Waals surface area (Å²) in [7, 11) is 0. The number of hydrogen-bond acceptors (Lipinski definition) is 3. The smallest absolute Gasteiger partial charge is 0.335 e. The minimum absolute atomic E-state index is 0.264. The van der Waals surface area contributed by atoms with E-state index >= 15 is 0 Å². The summed E-state index contributed by atoms with van der Waals surface area (Å²) in [5.41, 5.74) is 0.264. The van der Waals surface area contributed by atoms with Crippen LogP contribution >= 0.6 is 0 Å². The van der Waals surface area contributed by atoms with Gasteiger partial charge in [0.2, 0.25) is 0 Å². The van der Waals surface area contributed by atoms with Gasteiger partial charge in [-0.2, -0.15) is 0 Å². The van der Waals surface area contributed by atoms with Crippen molar-refractivity contribution in [3.63, 3.8) is 0 Å². The van der Waals surface area contributed by atoms with E-state index in [0.29, 0.717) is 12.5 Å². The second-order valence-corrected chi connectivity index (χ2v) is 4.91. The quantitative estimate of drug-likeness (QED) is 0.890. The fraction of sp³-hybridized carbons (Fsp3) is 0.500. The monoisotopic (exact) mass is 249 g/mol. The Morgan fingerprint density at radius 3 is 2.83 bits per heavy atom. The third-order valence-electron chi connectivity index (χ3n) is 3.37. The summed E-state index contributed by atoms with van der Waals surface area (Å²) < 4.78 is 5.63. The first-order chi connectivity index (χ1) is 8.65. The minimum Gasteiger partial charge on any atom is -0.478 e. The number of hydrogen-bond donors (Lipinski definition) is 1. The maximum atomic E-state index is 10.8. The average molecular weight is 249 g/mol. The number of rotatable bonds is 4. The van der Waals surface area contributed by atoms with Crippen LogP contribution in [0.1, 0.15) is 30.1 Å². The van der Waals surface area contributed by atoms with Crippen molar-refractivity contribution in [3.8, 4) is 5.75 Å². The fourth-order valence-corrected chi connectivity index (χ4v) is 2.08. The zero-order valence-corrected chi connectivity index (χ0v) is 10.6. The topological polar surface area (TPSA) is 49.8 Å². The maximum Gasteiger partial charge on any atom is 0.335 e. The van der Waals surface area contributed by atoms with Crippen LogP contribution in [-0.4, -0.2) is 35.8 Å². The molecule has 0 unspecified atom stereocenters. The summed E-state index contributed by atoms with van der Waals surface area (Å²) in [5.74, 6) is 0.498. The van der Waals surface area contributed by atoms with E-state index in [-0.39, 0.29) is 5.56 Å². The lowest BCUT2D eigenvalue weighted by Crippen LogP contribution is -2.35. The molecule has 2 rings (SSSR count). The molecular weight excluding hydrogens is 230 g/mol. The summed E-state index contributed by atoms with van der Waals surface area (Å²) in [6.45, 7) is 4.92. The predicted molar refractivity (Wildman–Crippen MR) is 68.9 cm³/mol. The molecule has 0 radical (unpaired) electrons. The molecule has 1 heterocycles. The average Bonchev–Trinajstić information content (AvgIpc) is 2.38.